The summed E-state index contributed by atoms with van der Waals surface area (Å²) in [6, 6.07) is 81.5. The molecule has 0 bridgehead atoms. The van der Waals surface area contributed by atoms with E-state index in [1.165, 1.54) is 87.6 Å². The van der Waals surface area contributed by atoms with E-state index in [1.807, 2.05) is 0 Å². The third-order valence-corrected chi connectivity index (χ3v) is 14.2. The Bertz CT molecular complexity index is 3550. The van der Waals surface area contributed by atoms with Crippen molar-refractivity contribution in [2.24, 2.45) is 0 Å². The molecular weight excluding hydrogens is 821 g/mol. The van der Waals surface area contributed by atoms with Crippen molar-refractivity contribution in [2.45, 2.75) is 25.7 Å². The molecule has 0 radical (unpaired) electrons. The molecule has 0 spiro atoms. The van der Waals surface area contributed by atoms with Crippen LogP contribution in [0, 0.1) is 0 Å². The number of rotatable bonds is 8. The summed E-state index contributed by atoms with van der Waals surface area (Å²) in [5.41, 5.74) is 17.0. The first-order chi connectivity index (χ1) is 33.7. The number of benzene rings is 11. The molecule has 0 amide bonds. The molecular formula is C66H48N2. The van der Waals surface area contributed by atoms with Gasteiger partial charge in [-0.25, -0.2) is 0 Å². The van der Waals surface area contributed by atoms with Gasteiger partial charge in [0.15, 0.2) is 0 Å². The van der Waals surface area contributed by atoms with Crippen LogP contribution in [0.5, 0.6) is 0 Å². The van der Waals surface area contributed by atoms with Crippen LogP contribution in [0.25, 0.3) is 77.5 Å². The summed E-state index contributed by atoms with van der Waals surface area (Å²) < 4.78 is 0. The standard InChI is InChI=1S/C66H48N2/c1-3-19-49(20-4-1)65-61-37-35-60(68(57-33-29-47-17-9-13-25-53(47)41-57)58-34-30-48-18-10-14-26-54(48)42-58)44-64(61)66(50-21-5-2-6-22-50)62-38-36-59(43-63(62)65)67(55-31-27-45-15-7-11-23-51(45)39-55)56-32-28-46-16-8-12-24-52(46)40-56/h1-7,9,11-15,17,19-44H,8,10,16,18H2. The van der Waals surface area contributed by atoms with E-state index in [9.17, 15) is 0 Å². The number of anilines is 6. The number of fused-ring (bicyclic) bond motifs is 6. The normalized spacial score (nSPS) is 12.9. The molecule has 0 atom stereocenters. The lowest BCUT2D eigenvalue weighted by Crippen LogP contribution is -2.11. The Morgan fingerprint density at radius 3 is 1.10 bits per heavy atom. The number of nitrogens with zero attached hydrogens (tertiary/aromatic N) is 2. The van der Waals surface area contributed by atoms with Crippen molar-refractivity contribution in [1.82, 2.24) is 0 Å². The molecule has 11 aromatic rings. The van der Waals surface area contributed by atoms with Gasteiger partial charge in [0.05, 0.1) is 0 Å². The molecule has 0 aromatic heterocycles. The monoisotopic (exact) mass is 868 g/mol. The van der Waals surface area contributed by atoms with E-state index >= 15 is 0 Å². The minimum atomic E-state index is 1.07. The van der Waals surface area contributed by atoms with Crippen LogP contribution < -0.4 is 9.80 Å². The Labute approximate surface area is 398 Å². The van der Waals surface area contributed by atoms with Crippen molar-refractivity contribution in [2.75, 3.05) is 9.80 Å². The zero-order chi connectivity index (χ0) is 45.0. The smallest absolute Gasteiger partial charge is 0.0468 e. The van der Waals surface area contributed by atoms with Gasteiger partial charge >= 0.3 is 0 Å². The Morgan fingerprint density at radius 1 is 0.279 bits per heavy atom. The number of hydrogen-bond acceptors (Lipinski definition) is 2. The van der Waals surface area contributed by atoms with Gasteiger partial charge in [0, 0.05) is 34.1 Å². The van der Waals surface area contributed by atoms with Gasteiger partial charge in [0.2, 0.25) is 0 Å². The van der Waals surface area contributed by atoms with Gasteiger partial charge in [0.25, 0.3) is 0 Å². The van der Waals surface area contributed by atoms with E-state index in [0.29, 0.717) is 0 Å². The lowest BCUT2D eigenvalue weighted by Gasteiger charge is -2.29. The summed E-state index contributed by atoms with van der Waals surface area (Å²) >= 11 is 0. The van der Waals surface area contributed by atoms with Crippen LogP contribution in [0.2, 0.25) is 0 Å². The molecule has 2 heteroatoms. The van der Waals surface area contributed by atoms with Crippen molar-refractivity contribution in [3.63, 3.8) is 0 Å². The van der Waals surface area contributed by atoms with Gasteiger partial charge in [0.1, 0.15) is 0 Å². The highest BCUT2D eigenvalue weighted by molar-refractivity contribution is 6.22. The predicted molar refractivity (Wildman–Crippen MR) is 291 cm³/mol. The molecule has 0 heterocycles. The van der Waals surface area contributed by atoms with Crippen LogP contribution in [0.15, 0.2) is 231 Å². The Morgan fingerprint density at radius 2 is 0.647 bits per heavy atom. The van der Waals surface area contributed by atoms with Gasteiger partial charge < -0.3 is 9.80 Å². The van der Waals surface area contributed by atoms with E-state index < -0.39 is 0 Å². The minimum Gasteiger partial charge on any atom is -0.310 e. The fourth-order valence-electron chi connectivity index (χ4n) is 10.9. The number of allylic oxidation sites excluding steroid dienone is 2. The van der Waals surface area contributed by atoms with Gasteiger partial charge in [-0.2, -0.15) is 0 Å². The maximum absolute atomic E-state index is 2.45. The van der Waals surface area contributed by atoms with Gasteiger partial charge in [-0.15, -0.1) is 0 Å². The van der Waals surface area contributed by atoms with E-state index in [2.05, 4.69) is 252 Å². The largest absolute Gasteiger partial charge is 0.310 e. The lowest BCUT2D eigenvalue weighted by molar-refractivity contribution is 0.985. The predicted octanol–water partition coefficient (Wildman–Crippen LogP) is 18.5. The third kappa shape index (κ3) is 7.05. The van der Waals surface area contributed by atoms with Crippen LogP contribution in [0.1, 0.15) is 35.1 Å². The summed E-state index contributed by atoms with van der Waals surface area (Å²) in [5.74, 6) is 0. The minimum absolute atomic E-state index is 1.07. The first-order valence-electron chi connectivity index (χ1n) is 24.0. The average molecular weight is 869 g/mol. The molecule has 0 unspecified atom stereocenters. The fourth-order valence-corrected chi connectivity index (χ4v) is 10.9. The molecule has 2 nitrogen and oxygen atoms in total. The van der Waals surface area contributed by atoms with E-state index in [-0.39, 0.29) is 0 Å². The maximum atomic E-state index is 2.45. The molecule has 68 heavy (non-hydrogen) atoms. The lowest BCUT2D eigenvalue weighted by atomic mass is 9.85. The van der Waals surface area contributed by atoms with E-state index in [4.69, 9.17) is 0 Å². The van der Waals surface area contributed by atoms with Crippen LogP contribution in [0.3, 0.4) is 0 Å². The second-order valence-corrected chi connectivity index (χ2v) is 18.3. The second kappa shape index (κ2) is 16.8. The number of hydrogen-bond donors (Lipinski definition) is 0. The Balaban J connectivity index is 1.08. The highest BCUT2D eigenvalue weighted by Crippen LogP contribution is 2.49. The summed E-state index contributed by atoms with van der Waals surface area (Å²) in [6.07, 6.45) is 13.5. The van der Waals surface area contributed by atoms with E-state index in [1.54, 1.807) is 0 Å². The summed E-state index contributed by atoms with van der Waals surface area (Å²) in [5, 5.41) is 9.75. The highest BCUT2D eigenvalue weighted by Gasteiger charge is 2.23. The molecule has 11 aromatic carbocycles. The van der Waals surface area contributed by atoms with Gasteiger partial charge in [-0.3, -0.25) is 0 Å². The highest BCUT2D eigenvalue weighted by atomic mass is 15.1. The van der Waals surface area contributed by atoms with Crippen LogP contribution in [0.4, 0.5) is 34.1 Å². The van der Waals surface area contributed by atoms with Crippen molar-refractivity contribution < 1.29 is 0 Å². The molecule has 0 aliphatic heterocycles. The second-order valence-electron chi connectivity index (χ2n) is 18.3. The first-order valence-corrected chi connectivity index (χ1v) is 24.0. The average Bonchev–Trinajstić information content (AvgIpc) is 3.40. The summed E-state index contributed by atoms with van der Waals surface area (Å²) in [7, 11) is 0. The summed E-state index contributed by atoms with van der Waals surface area (Å²) in [4.78, 5) is 4.90. The van der Waals surface area contributed by atoms with Gasteiger partial charge in [-0.05, 0) is 186 Å². The van der Waals surface area contributed by atoms with Crippen LogP contribution in [-0.4, -0.2) is 0 Å². The summed E-state index contributed by atoms with van der Waals surface area (Å²) in [6.45, 7) is 0. The van der Waals surface area contributed by atoms with Crippen LogP contribution in [-0.2, 0) is 12.8 Å². The Kier molecular flexibility index (Phi) is 9.83. The number of aryl methyl sites for hydroxylation is 2. The van der Waals surface area contributed by atoms with E-state index in [0.717, 1.165) is 59.8 Å². The van der Waals surface area contributed by atoms with Crippen molar-refractivity contribution in [1.29, 1.82) is 0 Å². The van der Waals surface area contributed by atoms with Gasteiger partial charge in [-0.1, -0.05) is 170 Å². The van der Waals surface area contributed by atoms with Crippen molar-refractivity contribution >= 4 is 89.4 Å². The first kappa shape index (κ1) is 39.9. The zero-order valence-electron chi connectivity index (χ0n) is 37.8. The quantitative estimate of drug-likeness (QED) is 0.140. The third-order valence-electron chi connectivity index (χ3n) is 14.2. The van der Waals surface area contributed by atoms with Crippen molar-refractivity contribution in [3.8, 4) is 22.3 Å². The maximum Gasteiger partial charge on any atom is 0.0468 e. The molecule has 0 saturated carbocycles. The SMILES string of the molecule is C1=Cc2cc(N(c3ccc4ccccc4c3)c3ccc4c(-c5ccccc5)c5cc(N(c6ccc7c(c6)C=CCC7)c6ccc7ccccc7c6)ccc5c(-c5ccccc5)c4c3)ccc2CC1. The topological polar surface area (TPSA) is 6.48 Å². The molecule has 2 aliphatic rings. The molecule has 322 valence electrons. The molecule has 13 rings (SSSR count). The molecule has 0 fully saturated rings. The fraction of sp³-hybridized carbons (Fsp3) is 0.0606. The molecule has 2 aliphatic carbocycles. The van der Waals surface area contributed by atoms with Crippen LogP contribution >= 0.6 is 0 Å². The zero-order valence-corrected chi connectivity index (χ0v) is 37.8. The molecule has 0 N–H and O–H groups in total. The Hall–Kier alpha value is -8.46. The van der Waals surface area contributed by atoms with Crippen molar-refractivity contribution in [3.05, 3.63) is 253 Å². The molecule has 0 saturated heterocycles.